The minimum atomic E-state index is -0.836. The van der Waals surface area contributed by atoms with Crippen LogP contribution in [0.25, 0.3) is 0 Å². The third-order valence-electron chi connectivity index (χ3n) is 6.00. The van der Waals surface area contributed by atoms with Crippen molar-refractivity contribution in [1.29, 1.82) is 0 Å². The maximum Gasteiger partial charge on any atom is 0.248 e. The first-order valence-electron chi connectivity index (χ1n) is 11.3. The van der Waals surface area contributed by atoms with Crippen LogP contribution in [0.1, 0.15) is 47.7 Å². The molecule has 33 heavy (non-hydrogen) atoms. The third-order valence-corrected chi connectivity index (χ3v) is 6.87. The highest BCUT2D eigenvalue weighted by Gasteiger charge is 2.35. The summed E-state index contributed by atoms with van der Waals surface area (Å²) in [5.74, 6) is 0.203. The monoisotopic (exact) mass is 463 g/mol. The molecule has 0 bridgehead atoms. The molecule has 1 aliphatic carbocycles. The lowest BCUT2D eigenvalue weighted by atomic mass is 10.0. The van der Waals surface area contributed by atoms with E-state index < -0.39 is 6.04 Å². The maximum atomic E-state index is 13.8. The van der Waals surface area contributed by atoms with Crippen molar-refractivity contribution in [3.63, 3.8) is 0 Å². The van der Waals surface area contributed by atoms with Gasteiger partial charge in [-0.25, -0.2) is 0 Å². The molecule has 6 nitrogen and oxygen atoms in total. The van der Waals surface area contributed by atoms with Crippen molar-refractivity contribution in [2.24, 2.45) is 0 Å². The number of anilines is 1. The van der Waals surface area contributed by atoms with Gasteiger partial charge in [-0.1, -0.05) is 25.0 Å². The van der Waals surface area contributed by atoms with E-state index in [0.717, 1.165) is 36.1 Å². The molecule has 172 valence electrons. The number of carbonyl (C=O) groups excluding carboxylic acids is 2. The van der Waals surface area contributed by atoms with E-state index in [2.05, 4.69) is 10.3 Å². The van der Waals surface area contributed by atoms with E-state index in [1.807, 2.05) is 42.6 Å². The Morgan fingerprint density at radius 3 is 2.61 bits per heavy atom. The predicted molar refractivity (Wildman–Crippen MR) is 131 cm³/mol. The Morgan fingerprint density at radius 2 is 1.94 bits per heavy atom. The molecule has 0 radical (unpaired) electrons. The minimum Gasteiger partial charge on any atom is -0.495 e. The fourth-order valence-electron chi connectivity index (χ4n) is 4.37. The Labute approximate surface area is 198 Å². The van der Waals surface area contributed by atoms with Crippen molar-refractivity contribution in [3.8, 4) is 5.75 Å². The number of methoxy groups -OCH3 is 1. The molecule has 2 aromatic heterocycles. The first-order valence-corrected chi connectivity index (χ1v) is 12.1. The molecule has 7 heteroatoms. The Bertz CT molecular complexity index is 1080. The minimum absolute atomic E-state index is 0.135. The van der Waals surface area contributed by atoms with Crippen LogP contribution in [0, 0.1) is 6.92 Å². The van der Waals surface area contributed by atoms with E-state index >= 15 is 0 Å². The fourth-order valence-corrected chi connectivity index (χ4v) is 5.06. The zero-order valence-corrected chi connectivity index (χ0v) is 19.8. The van der Waals surface area contributed by atoms with Gasteiger partial charge in [0.15, 0.2) is 0 Å². The fraction of sp³-hybridized carbons (Fsp3) is 0.346. The third kappa shape index (κ3) is 5.42. The number of pyridine rings is 1. The topological polar surface area (TPSA) is 71.5 Å². The summed E-state index contributed by atoms with van der Waals surface area (Å²) in [5, 5.41) is 5.15. The number of amides is 2. The quantitative estimate of drug-likeness (QED) is 0.519. The number of nitrogens with one attached hydrogen (secondary N) is 1. The smallest absolute Gasteiger partial charge is 0.248 e. The lowest BCUT2D eigenvalue weighted by molar-refractivity contribution is -0.127. The highest BCUT2D eigenvalue weighted by Crippen LogP contribution is 2.36. The average molecular weight is 464 g/mol. The van der Waals surface area contributed by atoms with Crippen molar-refractivity contribution in [2.75, 3.05) is 12.0 Å². The van der Waals surface area contributed by atoms with Gasteiger partial charge in [0.2, 0.25) is 11.8 Å². The van der Waals surface area contributed by atoms with Crippen LogP contribution in [0.4, 0.5) is 5.69 Å². The van der Waals surface area contributed by atoms with Crippen LogP contribution in [0.5, 0.6) is 5.75 Å². The number of benzene rings is 1. The molecular formula is C26H29N3O3S. The van der Waals surface area contributed by atoms with E-state index in [9.17, 15) is 9.59 Å². The number of aryl methyl sites for hydroxylation is 1. The van der Waals surface area contributed by atoms with Gasteiger partial charge in [0.1, 0.15) is 11.8 Å². The first kappa shape index (κ1) is 23.0. The lowest BCUT2D eigenvalue weighted by Gasteiger charge is -2.33. The molecule has 0 saturated heterocycles. The lowest BCUT2D eigenvalue weighted by Crippen LogP contribution is -2.47. The van der Waals surface area contributed by atoms with Crippen molar-refractivity contribution in [2.45, 2.75) is 51.1 Å². The average Bonchev–Trinajstić information content (AvgIpc) is 3.52. The Morgan fingerprint density at radius 1 is 1.18 bits per heavy atom. The molecule has 1 fully saturated rings. The number of hydrogen-bond donors (Lipinski definition) is 1. The number of ether oxygens (including phenoxy) is 1. The molecule has 1 atom stereocenters. The molecule has 1 aliphatic rings. The molecule has 1 N–H and O–H groups in total. The van der Waals surface area contributed by atoms with Crippen molar-refractivity contribution < 1.29 is 14.3 Å². The van der Waals surface area contributed by atoms with E-state index in [-0.39, 0.29) is 24.3 Å². The SMILES string of the molecule is COc1ccc(C)cc1N(C(=O)Cc1cccs1)C(C(=O)NC1CCCC1)c1ccncc1. The number of aromatic nitrogens is 1. The Balaban J connectivity index is 1.80. The van der Waals surface area contributed by atoms with Crippen LogP contribution < -0.4 is 15.0 Å². The highest BCUT2D eigenvalue weighted by molar-refractivity contribution is 7.10. The van der Waals surface area contributed by atoms with Crippen LogP contribution in [-0.2, 0) is 16.0 Å². The maximum absolute atomic E-state index is 13.8. The second kappa shape index (κ2) is 10.6. The van der Waals surface area contributed by atoms with E-state index in [1.54, 1.807) is 36.5 Å². The molecule has 1 aromatic carbocycles. The molecule has 3 aromatic rings. The normalized spacial score (nSPS) is 14.6. The molecule has 1 unspecified atom stereocenters. The largest absolute Gasteiger partial charge is 0.495 e. The van der Waals surface area contributed by atoms with Gasteiger partial charge >= 0.3 is 0 Å². The number of thiophene rings is 1. The standard InChI is InChI=1S/C26H29N3O3S/c1-18-9-10-23(32-2)22(16-18)29(24(30)17-21-8-5-15-33-21)25(19-11-13-27-14-12-19)26(31)28-20-6-3-4-7-20/h5,8-16,20,25H,3-4,6-7,17H2,1-2H3,(H,28,31). The molecule has 2 heterocycles. The summed E-state index contributed by atoms with van der Waals surface area (Å²) in [7, 11) is 1.58. The van der Waals surface area contributed by atoms with Gasteiger partial charge in [0.25, 0.3) is 0 Å². The molecule has 2 amide bonds. The van der Waals surface area contributed by atoms with Crippen LogP contribution >= 0.6 is 11.3 Å². The van der Waals surface area contributed by atoms with Gasteiger partial charge in [-0.3, -0.25) is 19.5 Å². The molecular weight excluding hydrogens is 434 g/mol. The van der Waals surface area contributed by atoms with Crippen LogP contribution in [0.3, 0.4) is 0 Å². The Kier molecular flexibility index (Phi) is 7.40. The zero-order chi connectivity index (χ0) is 23.2. The summed E-state index contributed by atoms with van der Waals surface area (Å²) >= 11 is 1.53. The number of nitrogens with zero attached hydrogens (tertiary/aromatic N) is 2. The molecule has 0 spiro atoms. The summed E-state index contributed by atoms with van der Waals surface area (Å²) in [6, 6.07) is 12.4. The van der Waals surface area contributed by atoms with Gasteiger partial charge in [-0.05, 0) is 66.6 Å². The van der Waals surface area contributed by atoms with Crippen molar-refractivity contribution in [1.82, 2.24) is 10.3 Å². The predicted octanol–water partition coefficient (Wildman–Crippen LogP) is 4.84. The van der Waals surface area contributed by atoms with E-state index in [4.69, 9.17) is 4.74 Å². The van der Waals surface area contributed by atoms with E-state index in [1.165, 1.54) is 11.3 Å². The number of carbonyl (C=O) groups is 2. The van der Waals surface area contributed by atoms with Gasteiger partial charge < -0.3 is 10.1 Å². The summed E-state index contributed by atoms with van der Waals surface area (Å²) < 4.78 is 5.63. The van der Waals surface area contributed by atoms with Crippen LogP contribution in [0.2, 0.25) is 0 Å². The van der Waals surface area contributed by atoms with Gasteiger partial charge in [-0.15, -0.1) is 11.3 Å². The molecule has 0 aliphatic heterocycles. The molecule has 4 rings (SSSR count). The van der Waals surface area contributed by atoms with Crippen molar-refractivity contribution >= 4 is 28.8 Å². The van der Waals surface area contributed by atoms with Gasteiger partial charge in [0, 0.05) is 23.3 Å². The molecule has 1 saturated carbocycles. The summed E-state index contributed by atoms with van der Waals surface area (Å²) in [6.07, 6.45) is 7.65. The van der Waals surface area contributed by atoms with Gasteiger partial charge in [0.05, 0.1) is 19.2 Å². The highest BCUT2D eigenvalue weighted by atomic mass is 32.1. The van der Waals surface area contributed by atoms with Crippen LogP contribution in [0.15, 0.2) is 60.2 Å². The first-order chi connectivity index (χ1) is 16.1. The van der Waals surface area contributed by atoms with E-state index in [0.29, 0.717) is 17.0 Å². The van der Waals surface area contributed by atoms with Gasteiger partial charge in [-0.2, -0.15) is 0 Å². The van der Waals surface area contributed by atoms with Crippen molar-refractivity contribution in [3.05, 3.63) is 76.2 Å². The Hall–Kier alpha value is -3.19. The second-order valence-corrected chi connectivity index (χ2v) is 9.40. The number of rotatable bonds is 8. The summed E-state index contributed by atoms with van der Waals surface area (Å²) in [5.41, 5.74) is 2.27. The number of hydrogen-bond acceptors (Lipinski definition) is 5. The zero-order valence-electron chi connectivity index (χ0n) is 19.0. The summed E-state index contributed by atoms with van der Waals surface area (Å²) in [4.78, 5) is 34.2. The second-order valence-electron chi connectivity index (χ2n) is 8.37. The van der Waals surface area contributed by atoms with Crippen LogP contribution in [-0.4, -0.2) is 29.9 Å². The summed E-state index contributed by atoms with van der Waals surface area (Å²) in [6.45, 7) is 1.96.